The Labute approximate surface area is 114 Å². The van der Waals surface area contributed by atoms with E-state index in [1.807, 2.05) is 0 Å². The predicted molar refractivity (Wildman–Crippen MR) is 77.2 cm³/mol. The lowest BCUT2D eigenvalue weighted by Gasteiger charge is -2.04. The molecule has 3 nitrogen and oxygen atoms in total. The summed E-state index contributed by atoms with van der Waals surface area (Å²) < 4.78 is 6.95. The third-order valence-electron chi connectivity index (χ3n) is 3.51. The molecule has 1 aromatic heterocycles. The molecule has 0 aliphatic carbocycles. The van der Waals surface area contributed by atoms with Gasteiger partial charge in [0, 0.05) is 30.1 Å². The molecule has 0 atom stereocenters. The van der Waals surface area contributed by atoms with Crippen molar-refractivity contribution in [3.05, 3.63) is 36.0 Å². The summed E-state index contributed by atoms with van der Waals surface area (Å²) in [6, 6.07) is 8.50. The molecule has 102 valence electrons. The molecule has 0 N–H and O–H groups in total. The number of ether oxygens (including phenoxy) is 1. The highest BCUT2D eigenvalue weighted by molar-refractivity contribution is 5.83. The summed E-state index contributed by atoms with van der Waals surface area (Å²) in [6.45, 7) is 3.14. The molecule has 2 rings (SSSR count). The maximum absolute atomic E-state index is 11.1. The van der Waals surface area contributed by atoms with Crippen LogP contribution in [0, 0.1) is 0 Å². The molecule has 0 saturated carbocycles. The standard InChI is InChI=1S/C16H21NO2/c1-3-13-12-17(11-7-6-10-16(18)19-2)15-9-5-4-8-14(13)15/h4-5,8-9,12H,3,6-7,10-11H2,1-2H3. The minimum Gasteiger partial charge on any atom is -0.469 e. The Morgan fingerprint density at radius 1 is 1.26 bits per heavy atom. The largest absolute Gasteiger partial charge is 0.469 e. The third-order valence-corrected chi connectivity index (χ3v) is 3.51. The van der Waals surface area contributed by atoms with Crippen molar-refractivity contribution in [1.29, 1.82) is 0 Å². The van der Waals surface area contributed by atoms with Crippen LogP contribution in [0.1, 0.15) is 31.7 Å². The number of carbonyl (C=O) groups is 1. The zero-order valence-corrected chi connectivity index (χ0v) is 11.7. The van der Waals surface area contributed by atoms with E-state index in [2.05, 4.69) is 46.7 Å². The number of hydrogen-bond acceptors (Lipinski definition) is 2. The zero-order valence-electron chi connectivity index (χ0n) is 11.7. The first-order valence-corrected chi connectivity index (χ1v) is 6.89. The Morgan fingerprint density at radius 2 is 2.05 bits per heavy atom. The van der Waals surface area contributed by atoms with Crippen molar-refractivity contribution in [2.24, 2.45) is 0 Å². The Hall–Kier alpha value is -1.77. The Morgan fingerprint density at radius 3 is 2.79 bits per heavy atom. The second-order valence-corrected chi connectivity index (χ2v) is 4.75. The van der Waals surface area contributed by atoms with Crippen LogP contribution in [0.25, 0.3) is 10.9 Å². The highest BCUT2D eigenvalue weighted by Gasteiger charge is 2.06. The summed E-state index contributed by atoms with van der Waals surface area (Å²) >= 11 is 0. The lowest BCUT2D eigenvalue weighted by Crippen LogP contribution is -2.01. The average molecular weight is 259 g/mol. The number of carbonyl (C=O) groups excluding carboxylic acids is 1. The van der Waals surface area contributed by atoms with Gasteiger partial charge in [0.25, 0.3) is 0 Å². The number of nitrogens with zero attached hydrogens (tertiary/aromatic N) is 1. The molecule has 1 aromatic carbocycles. The second kappa shape index (κ2) is 6.41. The summed E-state index contributed by atoms with van der Waals surface area (Å²) in [7, 11) is 1.44. The summed E-state index contributed by atoms with van der Waals surface area (Å²) in [5.41, 5.74) is 2.68. The van der Waals surface area contributed by atoms with Gasteiger partial charge in [-0.3, -0.25) is 4.79 Å². The van der Waals surface area contributed by atoms with Gasteiger partial charge in [0.05, 0.1) is 7.11 Å². The lowest BCUT2D eigenvalue weighted by molar-refractivity contribution is -0.140. The molecule has 0 bridgehead atoms. The number of para-hydroxylation sites is 1. The Balaban J connectivity index is 2.02. The highest BCUT2D eigenvalue weighted by atomic mass is 16.5. The van der Waals surface area contributed by atoms with Gasteiger partial charge in [-0.2, -0.15) is 0 Å². The van der Waals surface area contributed by atoms with Crippen LogP contribution in [0.4, 0.5) is 0 Å². The van der Waals surface area contributed by atoms with Crippen molar-refractivity contribution >= 4 is 16.9 Å². The van der Waals surface area contributed by atoms with Crippen molar-refractivity contribution in [3.63, 3.8) is 0 Å². The number of benzene rings is 1. The Kier molecular flexibility index (Phi) is 4.61. The molecular formula is C16H21NO2. The smallest absolute Gasteiger partial charge is 0.305 e. The minimum absolute atomic E-state index is 0.119. The number of fused-ring (bicyclic) bond motifs is 1. The van der Waals surface area contributed by atoms with Crippen LogP contribution in [0.2, 0.25) is 0 Å². The molecule has 0 amide bonds. The average Bonchev–Trinajstić information content (AvgIpc) is 2.81. The van der Waals surface area contributed by atoms with Crippen LogP contribution in [-0.4, -0.2) is 17.6 Å². The number of rotatable bonds is 6. The van der Waals surface area contributed by atoms with Crippen LogP contribution in [0.5, 0.6) is 0 Å². The van der Waals surface area contributed by atoms with Crippen LogP contribution < -0.4 is 0 Å². The van der Waals surface area contributed by atoms with E-state index >= 15 is 0 Å². The first-order valence-electron chi connectivity index (χ1n) is 6.89. The van der Waals surface area contributed by atoms with Crippen molar-refractivity contribution in [2.75, 3.05) is 7.11 Å². The van der Waals surface area contributed by atoms with Gasteiger partial charge in [0.1, 0.15) is 0 Å². The number of methoxy groups -OCH3 is 1. The quantitative estimate of drug-likeness (QED) is 0.587. The first-order chi connectivity index (χ1) is 9.26. The van der Waals surface area contributed by atoms with E-state index in [1.165, 1.54) is 23.6 Å². The zero-order chi connectivity index (χ0) is 13.7. The fourth-order valence-electron chi connectivity index (χ4n) is 2.44. The molecule has 2 aromatic rings. The van der Waals surface area contributed by atoms with Gasteiger partial charge in [-0.25, -0.2) is 0 Å². The summed E-state index contributed by atoms with van der Waals surface area (Å²) in [5, 5.41) is 1.35. The van der Waals surface area contributed by atoms with E-state index in [0.29, 0.717) is 6.42 Å². The first kappa shape index (κ1) is 13.7. The Bertz CT molecular complexity index is 557. The van der Waals surface area contributed by atoms with E-state index in [0.717, 1.165) is 25.8 Å². The summed E-state index contributed by atoms with van der Waals surface area (Å²) in [6.07, 6.45) is 5.67. The van der Waals surface area contributed by atoms with Gasteiger partial charge in [0.15, 0.2) is 0 Å². The molecular weight excluding hydrogens is 238 g/mol. The molecule has 0 spiro atoms. The SMILES string of the molecule is CCc1cn(CCCCC(=O)OC)c2ccccc12. The summed E-state index contributed by atoms with van der Waals surface area (Å²) in [4.78, 5) is 11.1. The highest BCUT2D eigenvalue weighted by Crippen LogP contribution is 2.22. The van der Waals surface area contributed by atoms with Crippen LogP contribution in [-0.2, 0) is 22.5 Å². The number of aromatic nitrogens is 1. The van der Waals surface area contributed by atoms with E-state index in [9.17, 15) is 4.79 Å². The van der Waals surface area contributed by atoms with E-state index in [1.54, 1.807) is 0 Å². The van der Waals surface area contributed by atoms with Gasteiger partial charge in [-0.1, -0.05) is 25.1 Å². The minimum atomic E-state index is -0.119. The molecule has 0 fully saturated rings. The molecule has 1 heterocycles. The number of aryl methyl sites for hydroxylation is 2. The fourth-order valence-corrected chi connectivity index (χ4v) is 2.44. The molecule has 0 aliphatic heterocycles. The molecule has 0 saturated heterocycles. The monoisotopic (exact) mass is 259 g/mol. The van der Waals surface area contributed by atoms with Crippen molar-refractivity contribution < 1.29 is 9.53 Å². The topological polar surface area (TPSA) is 31.2 Å². The molecule has 0 radical (unpaired) electrons. The maximum Gasteiger partial charge on any atom is 0.305 e. The van der Waals surface area contributed by atoms with E-state index < -0.39 is 0 Å². The number of esters is 1. The number of unbranched alkanes of at least 4 members (excludes halogenated alkanes) is 1. The summed E-state index contributed by atoms with van der Waals surface area (Å²) in [5.74, 6) is -0.119. The molecule has 0 unspecified atom stereocenters. The maximum atomic E-state index is 11.1. The van der Waals surface area contributed by atoms with Gasteiger partial charge < -0.3 is 9.30 Å². The molecule has 3 heteroatoms. The van der Waals surface area contributed by atoms with Gasteiger partial charge in [-0.05, 0) is 30.9 Å². The van der Waals surface area contributed by atoms with Crippen molar-refractivity contribution in [2.45, 2.75) is 39.2 Å². The van der Waals surface area contributed by atoms with Gasteiger partial charge >= 0.3 is 5.97 Å². The van der Waals surface area contributed by atoms with Crippen LogP contribution >= 0.6 is 0 Å². The molecule has 0 aliphatic rings. The lowest BCUT2D eigenvalue weighted by atomic mass is 10.1. The predicted octanol–water partition coefficient (Wildman–Crippen LogP) is 3.55. The van der Waals surface area contributed by atoms with E-state index in [-0.39, 0.29) is 5.97 Å². The van der Waals surface area contributed by atoms with Crippen molar-refractivity contribution in [1.82, 2.24) is 4.57 Å². The van der Waals surface area contributed by atoms with Crippen LogP contribution in [0.3, 0.4) is 0 Å². The molecule has 19 heavy (non-hydrogen) atoms. The van der Waals surface area contributed by atoms with Gasteiger partial charge in [0.2, 0.25) is 0 Å². The second-order valence-electron chi connectivity index (χ2n) is 4.75. The fraction of sp³-hybridized carbons (Fsp3) is 0.438. The van der Waals surface area contributed by atoms with Crippen LogP contribution in [0.15, 0.2) is 30.5 Å². The normalized spacial score (nSPS) is 10.8. The van der Waals surface area contributed by atoms with Gasteiger partial charge in [-0.15, -0.1) is 0 Å². The number of hydrogen-bond donors (Lipinski definition) is 0. The van der Waals surface area contributed by atoms with Crippen molar-refractivity contribution in [3.8, 4) is 0 Å². The van der Waals surface area contributed by atoms with E-state index in [4.69, 9.17) is 0 Å². The third kappa shape index (κ3) is 3.16.